The molecule has 1 heterocycles. The zero-order chi connectivity index (χ0) is 14.4. The van der Waals surface area contributed by atoms with Crippen LogP contribution < -0.4 is 10.1 Å². The molecule has 0 saturated carbocycles. The summed E-state index contributed by atoms with van der Waals surface area (Å²) in [6, 6.07) is 8.40. The second-order valence-electron chi connectivity index (χ2n) is 4.65. The number of imidazole rings is 1. The van der Waals surface area contributed by atoms with Crippen LogP contribution in [0.4, 0.5) is 0 Å². The van der Waals surface area contributed by atoms with Crippen molar-refractivity contribution in [2.45, 2.75) is 32.9 Å². The highest BCUT2D eigenvalue weighted by Gasteiger charge is 2.17. The lowest BCUT2D eigenvalue weighted by molar-refractivity contribution is 0.331. The largest absolute Gasteiger partial charge is 0.494 e. The molecule has 1 aromatic carbocycles. The first-order valence-electron chi connectivity index (χ1n) is 7.19. The summed E-state index contributed by atoms with van der Waals surface area (Å²) < 4.78 is 7.90. The Morgan fingerprint density at radius 2 is 2.10 bits per heavy atom. The van der Waals surface area contributed by atoms with Crippen molar-refractivity contribution in [2.24, 2.45) is 0 Å². The van der Waals surface area contributed by atoms with E-state index in [4.69, 9.17) is 4.74 Å². The van der Waals surface area contributed by atoms with Crippen LogP contribution in [0.15, 0.2) is 36.7 Å². The van der Waals surface area contributed by atoms with Gasteiger partial charge in [-0.15, -0.1) is 0 Å². The van der Waals surface area contributed by atoms with Crippen LogP contribution in [0.3, 0.4) is 0 Å². The van der Waals surface area contributed by atoms with Crippen molar-refractivity contribution in [1.82, 2.24) is 14.9 Å². The number of benzene rings is 1. The molecule has 4 nitrogen and oxygen atoms in total. The van der Waals surface area contributed by atoms with E-state index < -0.39 is 0 Å². The van der Waals surface area contributed by atoms with Gasteiger partial charge in [0.1, 0.15) is 11.6 Å². The maximum absolute atomic E-state index is 5.73. The first-order chi connectivity index (χ1) is 9.80. The zero-order valence-corrected chi connectivity index (χ0v) is 12.5. The van der Waals surface area contributed by atoms with Crippen molar-refractivity contribution < 1.29 is 4.74 Å². The van der Waals surface area contributed by atoms with Gasteiger partial charge in [-0.25, -0.2) is 4.98 Å². The summed E-state index contributed by atoms with van der Waals surface area (Å²) in [4.78, 5) is 4.46. The predicted molar refractivity (Wildman–Crippen MR) is 81.0 cm³/mol. The highest BCUT2D eigenvalue weighted by atomic mass is 16.5. The molecule has 1 atom stereocenters. The van der Waals surface area contributed by atoms with Gasteiger partial charge in [-0.2, -0.15) is 0 Å². The summed E-state index contributed by atoms with van der Waals surface area (Å²) in [6.45, 7) is 5.76. The number of rotatable bonds is 7. The Bertz CT molecular complexity index is 536. The van der Waals surface area contributed by atoms with Gasteiger partial charge in [-0.3, -0.25) is 0 Å². The molecular formula is C16H23N3O. The lowest BCUT2D eigenvalue weighted by Gasteiger charge is -2.20. The molecule has 1 N–H and O–H groups in total. The third-order valence-corrected chi connectivity index (χ3v) is 3.47. The van der Waals surface area contributed by atoms with Gasteiger partial charge in [0.15, 0.2) is 0 Å². The minimum atomic E-state index is 0.199. The Kier molecular flexibility index (Phi) is 5.18. The Hall–Kier alpha value is -1.81. The average Bonchev–Trinajstić information content (AvgIpc) is 2.93. The summed E-state index contributed by atoms with van der Waals surface area (Å²) in [5.74, 6) is 2.04. The van der Waals surface area contributed by atoms with Crippen LogP contribution in [-0.2, 0) is 13.0 Å². The zero-order valence-electron chi connectivity index (χ0n) is 12.5. The number of nitrogens with zero attached hydrogens (tertiary/aromatic N) is 2. The van der Waals surface area contributed by atoms with Crippen LogP contribution in [0.25, 0.3) is 0 Å². The van der Waals surface area contributed by atoms with Gasteiger partial charge < -0.3 is 14.6 Å². The van der Waals surface area contributed by atoms with E-state index in [0.29, 0.717) is 6.61 Å². The molecule has 0 aliphatic rings. The molecule has 0 aliphatic carbocycles. The second-order valence-corrected chi connectivity index (χ2v) is 4.65. The highest BCUT2D eigenvalue weighted by molar-refractivity contribution is 5.36. The van der Waals surface area contributed by atoms with Crippen molar-refractivity contribution >= 4 is 0 Å². The summed E-state index contributed by atoms with van der Waals surface area (Å²) >= 11 is 0. The third-order valence-electron chi connectivity index (χ3n) is 3.47. The number of hydrogen-bond donors (Lipinski definition) is 1. The average molecular weight is 273 g/mol. The Labute approximate surface area is 120 Å². The lowest BCUT2D eigenvalue weighted by Crippen LogP contribution is -2.21. The Morgan fingerprint density at radius 1 is 1.30 bits per heavy atom. The highest BCUT2D eigenvalue weighted by Crippen LogP contribution is 2.27. The minimum absolute atomic E-state index is 0.199. The number of aromatic nitrogens is 2. The molecule has 0 fully saturated rings. The smallest absolute Gasteiger partial charge is 0.124 e. The molecule has 1 unspecified atom stereocenters. The molecule has 108 valence electrons. The normalized spacial score (nSPS) is 12.3. The van der Waals surface area contributed by atoms with Gasteiger partial charge in [0, 0.05) is 37.0 Å². The molecule has 0 spiro atoms. The number of ether oxygens (including phenoxy) is 1. The Morgan fingerprint density at radius 3 is 2.80 bits per heavy atom. The summed E-state index contributed by atoms with van der Waals surface area (Å²) in [5, 5.41) is 3.37. The molecule has 4 heteroatoms. The topological polar surface area (TPSA) is 39.1 Å². The molecule has 0 radical (unpaired) electrons. The first kappa shape index (κ1) is 14.6. The number of para-hydroxylation sites is 1. The van der Waals surface area contributed by atoms with E-state index in [-0.39, 0.29) is 6.04 Å². The molecule has 20 heavy (non-hydrogen) atoms. The molecule has 0 bridgehead atoms. The van der Waals surface area contributed by atoms with E-state index >= 15 is 0 Å². The SMILES string of the molecule is CCOc1ccccc1C(Cc1nccn1CC)NC. The number of hydrogen-bond acceptors (Lipinski definition) is 3. The van der Waals surface area contributed by atoms with E-state index in [0.717, 1.165) is 24.5 Å². The third kappa shape index (κ3) is 3.20. The molecule has 2 rings (SSSR count). The number of aryl methyl sites for hydroxylation is 1. The maximum atomic E-state index is 5.73. The van der Waals surface area contributed by atoms with Crippen LogP contribution >= 0.6 is 0 Å². The fourth-order valence-electron chi connectivity index (χ4n) is 2.42. The first-order valence-corrected chi connectivity index (χ1v) is 7.19. The summed E-state index contributed by atoms with van der Waals surface area (Å²) in [5.41, 5.74) is 1.18. The molecular weight excluding hydrogens is 250 g/mol. The van der Waals surface area contributed by atoms with E-state index in [1.165, 1.54) is 5.56 Å². The van der Waals surface area contributed by atoms with Crippen molar-refractivity contribution in [3.8, 4) is 5.75 Å². The maximum Gasteiger partial charge on any atom is 0.124 e. The van der Waals surface area contributed by atoms with Gasteiger partial charge >= 0.3 is 0 Å². The van der Waals surface area contributed by atoms with Gasteiger partial charge in [0.2, 0.25) is 0 Å². The van der Waals surface area contributed by atoms with Gasteiger partial charge in [-0.05, 0) is 27.0 Å². The van der Waals surface area contributed by atoms with E-state index in [1.54, 1.807) is 0 Å². The molecule has 0 amide bonds. The molecule has 0 saturated heterocycles. The van der Waals surface area contributed by atoms with E-state index in [1.807, 2.05) is 38.5 Å². The Balaban J connectivity index is 2.24. The van der Waals surface area contributed by atoms with Crippen molar-refractivity contribution in [1.29, 1.82) is 0 Å². The fraction of sp³-hybridized carbons (Fsp3) is 0.438. The van der Waals surface area contributed by atoms with E-state index in [9.17, 15) is 0 Å². The second kappa shape index (κ2) is 7.10. The van der Waals surface area contributed by atoms with Gasteiger partial charge in [0.25, 0.3) is 0 Å². The fourth-order valence-corrected chi connectivity index (χ4v) is 2.42. The van der Waals surface area contributed by atoms with Crippen LogP contribution in [0.5, 0.6) is 5.75 Å². The molecule has 0 aliphatic heterocycles. The predicted octanol–water partition coefficient (Wildman–Crippen LogP) is 2.80. The van der Waals surface area contributed by atoms with Crippen molar-refractivity contribution in [3.05, 3.63) is 48.0 Å². The van der Waals surface area contributed by atoms with Gasteiger partial charge in [-0.1, -0.05) is 18.2 Å². The van der Waals surface area contributed by atoms with Crippen LogP contribution in [0.2, 0.25) is 0 Å². The van der Waals surface area contributed by atoms with Crippen LogP contribution in [0, 0.1) is 0 Å². The van der Waals surface area contributed by atoms with Crippen molar-refractivity contribution in [2.75, 3.05) is 13.7 Å². The minimum Gasteiger partial charge on any atom is -0.494 e. The van der Waals surface area contributed by atoms with Gasteiger partial charge in [0.05, 0.1) is 6.61 Å². The van der Waals surface area contributed by atoms with Crippen molar-refractivity contribution in [3.63, 3.8) is 0 Å². The summed E-state index contributed by atoms with van der Waals surface area (Å²) in [6.07, 6.45) is 4.73. The number of likely N-dealkylation sites (N-methyl/N-ethyl adjacent to an activating group) is 1. The quantitative estimate of drug-likeness (QED) is 0.843. The van der Waals surface area contributed by atoms with Crippen LogP contribution in [0.1, 0.15) is 31.3 Å². The lowest BCUT2D eigenvalue weighted by atomic mass is 10.0. The van der Waals surface area contributed by atoms with E-state index in [2.05, 4.69) is 33.9 Å². The van der Waals surface area contributed by atoms with Crippen LogP contribution in [-0.4, -0.2) is 23.2 Å². The molecule has 1 aromatic heterocycles. The summed E-state index contributed by atoms with van der Waals surface area (Å²) in [7, 11) is 1.98. The molecule has 2 aromatic rings. The monoisotopic (exact) mass is 273 g/mol. The standard InChI is InChI=1S/C16H23N3O/c1-4-19-11-10-18-16(19)12-14(17-3)13-8-6-7-9-15(13)20-5-2/h6-11,14,17H,4-5,12H2,1-3H3. The number of nitrogens with one attached hydrogen (secondary N) is 1.